The molecule has 1 aliphatic rings. The van der Waals surface area contributed by atoms with Crippen LogP contribution in [0.25, 0.3) is 0 Å². The molecule has 0 saturated carbocycles. The SMILES string of the molecule is CCCOCCOC1=C(C)OC(C)C1=O. The van der Waals surface area contributed by atoms with Gasteiger partial charge in [-0.25, -0.2) is 0 Å². The Labute approximate surface area is 90.2 Å². The van der Waals surface area contributed by atoms with Crippen LogP contribution in [-0.2, 0) is 19.0 Å². The zero-order valence-corrected chi connectivity index (χ0v) is 9.54. The number of allylic oxidation sites excluding steroid dienone is 1. The molecule has 1 unspecified atom stereocenters. The van der Waals surface area contributed by atoms with Gasteiger partial charge in [0.1, 0.15) is 12.4 Å². The number of ether oxygens (including phenoxy) is 3. The van der Waals surface area contributed by atoms with Crippen LogP contribution >= 0.6 is 0 Å². The molecule has 0 aromatic carbocycles. The summed E-state index contributed by atoms with van der Waals surface area (Å²) in [5.74, 6) is 0.841. The first-order valence-corrected chi connectivity index (χ1v) is 5.29. The summed E-state index contributed by atoms with van der Waals surface area (Å²) in [5.41, 5.74) is 0. The van der Waals surface area contributed by atoms with Gasteiger partial charge < -0.3 is 14.2 Å². The Kier molecular flexibility index (Phi) is 4.62. The van der Waals surface area contributed by atoms with E-state index in [-0.39, 0.29) is 5.78 Å². The van der Waals surface area contributed by atoms with Crippen LogP contribution in [0.15, 0.2) is 11.5 Å². The van der Waals surface area contributed by atoms with Gasteiger partial charge in [-0.1, -0.05) is 6.92 Å². The summed E-state index contributed by atoms with van der Waals surface area (Å²) >= 11 is 0. The highest BCUT2D eigenvalue weighted by Crippen LogP contribution is 2.21. The van der Waals surface area contributed by atoms with Crippen molar-refractivity contribution in [3.63, 3.8) is 0 Å². The molecule has 1 heterocycles. The van der Waals surface area contributed by atoms with E-state index in [9.17, 15) is 4.79 Å². The molecule has 0 radical (unpaired) electrons. The van der Waals surface area contributed by atoms with Gasteiger partial charge in [0, 0.05) is 6.61 Å². The molecule has 1 atom stereocenters. The lowest BCUT2D eigenvalue weighted by Crippen LogP contribution is -2.16. The topological polar surface area (TPSA) is 44.8 Å². The first kappa shape index (κ1) is 12.0. The van der Waals surface area contributed by atoms with Gasteiger partial charge in [-0.2, -0.15) is 0 Å². The van der Waals surface area contributed by atoms with Crippen LogP contribution in [-0.4, -0.2) is 31.7 Å². The van der Waals surface area contributed by atoms with Crippen molar-refractivity contribution in [2.24, 2.45) is 0 Å². The largest absolute Gasteiger partial charge is 0.484 e. The van der Waals surface area contributed by atoms with Crippen LogP contribution in [0.5, 0.6) is 0 Å². The molecule has 1 aliphatic heterocycles. The zero-order valence-electron chi connectivity index (χ0n) is 9.54. The molecule has 0 fully saturated rings. The second kappa shape index (κ2) is 5.75. The van der Waals surface area contributed by atoms with Gasteiger partial charge in [0.05, 0.1) is 6.61 Å². The standard InChI is InChI=1S/C11H18O4/c1-4-5-13-6-7-14-11-9(3)15-8(2)10(11)12/h8H,4-7H2,1-3H3. The fourth-order valence-electron chi connectivity index (χ4n) is 1.35. The van der Waals surface area contributed by atoms with Gasteiger partial charge in [0.2, 0.25) is 11.5 Å². The van der Waals surface area contributed by atoms with E-state index in [4.69, 9.17) is 14.2 Å². The molecule has 0 aromatic heterocycles. The van der Waals surface area contributed by atoms with Crippen LogP contribution in [0.3, 0.4) is 0 Å². The zero-order chi connectivity index (χ0) is 11.3. The first-order chi connectivity index (χ1) is 7.16. The number of carbonyl (C=O) groups is 1. The predicted molar refractivity (Wildman–Crippen MR) is 55.3 cm³/mol. The quantitative estimate of drug-likeness (QED) is 0.631. The minimum Gasteiger partial charge on any atom is -0.484 e. The fraction of sp³-hybridized carbons (Fsp3) is 0.727. The van der Waals surface area contributed by atoms with Gasteiger partial charge in [-0.05, 0) is 20.3 Å². The molecule has 4 heteroatoms. The number of hydrogen-bond donors (Lipinski definition) is 0. The predicted octanol–water partition coefficient (Wildman–Crippen LogP) is 1.65. The second-order valence-electron chi connectivity index (χ2n) is 3.47. The molecular weight excluding hydrogens is 196 g/mol. The number of Topliss-reactive ketones (excluding diaryl/α,β-unsaturated/α-hetero) is 1. The van der Waals surface area contributed by atoms with Crippen molar-refractivity contribution in [2.45, 2.75) is 33.3 Å². The van der Waals surface area contributed by atoms with Gasteiger partial charge >= 0.3 is 0 Å². The lowest BCUT2D eigenvalue weighted by molar-refractivity contribution is -0.123. The summed E-state index contributed by atoms with van der Waals surface area (Å²) in [6.07, 6.45) is 0.581. The van der Waals surface area contributed by atoms with Crippen molar-refractivity contribution in [2.75, 3.05) is 19.8 Å². The molecule has 0 bridgehead atoms. The molecular formula is C11H18O4. The van der Waals surface area contributed by atoms with E-state index < -0.39 is 6.10 Å². The first-order valence-electron chi connectivity index (χ1n) is 5.29. The van der Waals surface area contributed by atoms with E-state index in [0.717, 1.165) is 13.0 Å². The van der Waals surface area contributed by atoms with E-state index in [0.29, 0.717) is 24.7 Å². The van der Waals surface area contributed by atoms with Crippen LogP contribution < -0.4 is 0 Å². The van der Waals surface area contributed by atoms with E-state index >= 15 is 0 Å². The molecule has 0 N–H and O–H groups in total. The van der Waals surface area contributed by atoms with Gasteiger partial charge in [0.25, 0.3) is 0 Å². The molecule has 4 nitrogen and oxygen atoms in total. The minimum absolute atomic E-state index is 0.0806. The highest BCUT2D eigenvalue weighted by atomic mass is 16.6. The molecule has 0 aromatic rings. The van der Waals surface area contributed by atoms with Crippen molar-refractivity contribution in [3.8, 4) is 0 Å². The van der Waals surface area contributed by atoms with Crippen molar-refractivity contribution < 1.29 is 19.0 Å². The summed E-state index contributed by atoms with van der Waals surface area (Å²) in [7, 11) is 0. The number of ketones is 1. The highest BCUT2D eigenvalue weighted by Gasteiger charge is 2.30. The van der Waals surface area contributed by atoms with Crippen molar-refractivity contribution in [3.05, 3.63) is 11.5 Å². The smallest absolute Gasteiger partial charge is 0.240 e. The van der Waals surface area contributed by atoms with Crippen LogP contribution in [0.4, 0.5) is 0 Å². The maximum Gasteiger partial charge on any atom is 0.240 e. The number of carbonyl (C=O) groups excluding carboxylic acids is 1. The van der Waals surface area contributed by atoms with Gasteiger partial charge in [-0.15, -0.1) is 0 Å². The molecule has 0 aliphatic carbocycles. The maximum atomic E-state index is 11.5. The Morgan fingerprint density at radius 1 is 1.33 bits per heavy atom. The lowest BCUT2D eigenvalue weighted by atomic mass is 10.2. The van der Waals surface area contributed by atoms with Gasteiger partial charge in [-0.3, -0.25) is 4.79 Å². The fourth-order valence-corrected chi connectivity index (χ4v) is 1.35. The Morgan fingerprint density at radius 3 is 2.60 bits per heavy atom. The van der Waals surface area contributed by atoms with E-state index in [1.165, 1.54) is 0 Å². The van der Waals surface area contributed by atoms with Crippen LogP contribution in [0, 0.1) is 0 Å². The molecule has 15 heavy (non-hydrogen) atoms. The summed E-state index contributed by atoms with van der Waals surface area (Å²) in [4.78, 5) is 11.5. The summed E-state index contributed by atoms with van der Waals surface area (Å²) in [5, 5.41) is 0. The third kappa shape index (κ3) is 3.23. The molecule has 0 amide bonds. The third-order valence-electron chi connectivity index (χ3n) is 2.09. The van der Waals surface area contributed by atoms with Crippen LogP contribution in [0.2, 0.25) is 0 Å². The average Bonchev–Trinajstić information content (AvgIpc) is 2.44. The Hall–Kier alpha value is -1.03. The second-order valence-corrected chi connectivity index (χ2v) is 3.47. The minimum atomic E-state index is -0.406. The Balaban J connectivity index is 2.26. The van der Waals surface area contributed by atoms with E-state index in [1.54, 1.807) is 13.8 Å². The summed E-state index contributed by atoms with van der Waals surface area (Å²) in [6.45, 7) is 7.13. The third-order valence-corrected chi connectivity index (χ3v) is 2.09. The molecule has 1 rings (SSSR count). The summed E-state index contributed by atoms with van der Waals surface area (Å²) in [6, 6.07) is 0. The van der Waals surface area contributed by atoms with E-state index in [1.807, 2.05) is 6.92 Å². The molecule has 86 valence electrons. The summed E-state index contributed by atoms with van der Waals surface area (Å²) < 4.78 is 15.8. The van der Waals surface area contributed by atoms with E-state index in [2.05, 4.69) is 0 Å². The lowest BCUT2D eigenvalue weighted by Gasteiger charge is -2.05. The van der Waals surface area contributed by atoms with Crippen molar-refractivity contribution >= 4 is 5.78 Å². The van der Waals surface area contributed by atoms with Crippen LogP contribution in [0.1, 0.15) is 27.2 Å². The monoisotopic (exact) mass is 214 g/mol. The van der Waals surface area contributed by atoms with Crippen molar-refractivity contribution in [1.82, 2.24) is 0 Å². The molecule has 0 saturated heterocycles. The maximum absolute atomic E-state index is 11.5. The molecule has 0 spiro atoms. The Morgan fingerprint density at radius 2 is 2.07 bits per heavy atom. The van der Waals surface area contributed by atoms with Gasteiger partial charge in [0.15, 0.2) is 6.10 Å². The van der Waals surface area contributed by atoms with Crippen molar-refractivity contribution in [1.29, 1.82) is 0 Å². The number of hydrogen-bond acceptors (Lipinski definition) is 4. The number of rotatable bonds is 6. The normalized spacial score (nSPS) is 20.7. The highest BCUT2D eigenvalue weighted by molar-refractivity contribution is 5.99. The Bertz CT molecular complexity index is 257. The average molecular weight is 214 g/mol.